The topological polar surface area (TPSA) is 77.6 Å². The first kappa shape index (κ1) is 23.9. The number of nitrogens with zero attached hydrogens (tertiary/aromatic N) is 3. The molecule has 2 aliphatic rings. The van der Waals surface area contributed by atoms with Gasteiger partial charge in [0.25, 0.3) is 0 Å². The lowest BCUT2D eigenvalue weighted by atomic mass is 9.95. The fraction of sp³-hybridized carbons (Fsp3) is 0.560. The van der Waals surface area contributed by atoms with Crippen LogP contribution in [-0.4, -0.2) is 65.4 Å². The van der Waals surface area contributed by atoms with Crippen molar-refractivity contribution < 1.29 is 9.59 Å². The van der Waals surface area contributed by atoms with Gasteiger partial charge in [-0.3, -0.25) is 19.4 Å². The quantitative estimate of drug-likeness (QED) is 0.651. The van der Waals surface area contributed by atoms with E-state index >= 15 is 0 Å². The van der Waals surface area contributed by atoms with Crippen molar-refractivity contribution in [3.8, 4) is 0 Å². The van der Waals surface area contributed by atoms with E-state index in [0.717, 1.165) is 62.4 Å². The number of rotatable bonds is 7. The summed E-state index contributed by atoms with van der Waals surface area (Å²) in [5, 5.41) is 6.85. The number of likely N-dealkylation sites (tertiary alicyclic amines) is 2. The lowest BCUT2D eigenvalue weighted by Gasteiger charge is -2.35. The third-order valence-electron chi connectivity index (χ3n) is 6.70. The van der Waals surface area contributed by atoms with Crippen LogP contribution in [0.3, 0.4) is 0 Å². The third-order valence-corrected chi connectivity index (χ3v) is 7.69. The van der Waals surface area contributed by atoms with Crippen LogP contribution in [0.4, 0.5) is 5.13 Å². The molecule has 2 aromatic rings. The predicted molar refractivity (Wildman–Crippen MR) is 132 cm³/mol. The maximum Gasteiger partial charge on any atom is 0.240 e. The minimum atomic E-state index is -0.0596. The molecule has 2 aliphatic heterocycles. The molecule has 1 aromatic carbocycles. The molecule has 2 saturated heterocycles. The van der Waals surface area contributed by atoms with Crippen molar-refractivity contribution >= 4 is 28.3 Å². The minimum absolute atomic E-state index is 0.0433. The zero-order valence-electron chi connectivity index (χ0n) is 19.7. The lowest BCUT2D eigenvalue weighted by molar-refractivity contribution is -0.128. The summed E-state index contributed by atoms with van der Waals surface area (Å²) in [7, 11) is 0. The zero-order chi connectivity index (χ0) is 23.2. The Kier molecular flexibility index (Phi) is 8.11. The number of benzene rings is 1. The second-order valence-corrected chi connectivity index (χ2v) is 10.5. The Balaban J connectivity index is 1.19. The molecule has 3 heterocycles. The van der Waals surface area contributed by atoms with Crippen molar-refractivity contribution in [1.29, 1.82) is 0 Å². The number of carbonyl (C=O) groups excluding carboxylic acids is 2. The first-order chi connectivity index (χ1) is 16.0. The van der Waals surface area contributed by atoms with Crippen molar-refractivity contribution in [2.75, 3.05) is 38.0 Å². The van der Waals surface area contributed by atoms with Crippen molar-refractivity contribution in [3.63, 3.8) is 0 Å². The van der Waals surface area contributed by atoms with Crippen LogP contribution in [0, 0.1) is 19.8 Å². The summed E-state index contributed by atoms with van der Waals surface area (Å²) in [4.78, 5) is 35.5. The molecule has 0 radical (unpaired) electrons. The molecule has 0 bridgehead atoms. The van der Waals surface area contributed by atoms with Crippen LogP contribution < -0.4 is 10.6 Å². The highest BCUT2D eigenvalue weighted by molar-refractivity contribution is 7.15. The molecule has 2 amide bonds. The molecule has 33 heavy (non-hydrogen) atoms. The number of amides is 2. The van der Waals surface area contributed by atoms with E-state index in [-0.39, 0.29) is 23.8 Å². The number of anilines is 1. The third kappa shape index (κ3) is 6.85. The highest BCUT2D eigenvalue weighted by Gasteiger charge is 2.29. The molecule has 8 heteroatoms. The van der Waals surface area contributed by atoms with Gasteiger partial charge in [0.15, 0.2) is 5.13 Å². The Bertz CT molecular complexity index is 920. The number of hydrogen-bond donors (Lipinski definition) is 2. The van der Waals surface area contributed by atoms with Gasteiger partial charge in [-0.15, -0.1) is 11.3 Å². The van der Waals surface area contributed by atoms with Gasteiger partial charge in [-0.05, 0) is 51.6 Å². The summed E-state index contributed by atoms with van der Waals surface area (Å²) in [6.07, 6.45) is 3.81. The summed E-state index contributed by atoms with van der Waals surface area (Å²) in [5.41, 5.74) is 2.29. The summed E-state index contributed by atoms with van der Waals surface area (Å²) in [6.45, 7) is 8.73. The van der Waals surface area contributed by atoms with Gasteiger partial charge in [-0.2, -0.15) is 0 Å². The van der Waals surface area contributed by atoms with Gasteiger partial charge < -0.3 is 10.6 Å². The number of aromatic nitrogens is 1. The molecular weight excluding hydrogens is 434 g/mol. The van der Waals surface area contributed by atoms with E-state index in [0.29, 0.717) is 18.2 Å². The average Bonchev–Trinajstić information content (AvgIpc) is 3.12. The number of carbonyl (C=O) groups is 2. The number of nitrogens with one attached hydrogen (secondary N) is 2. The van der Waals surface area contributed by atoms with E-state index in [9.17, 15) is 9.59 Å². The summed E-state index contributed by atoms with van der Waals surface area (Å²) in [5.74, 6) is 0.0432. The van der Waals surface area contributed by atoms with E-state index in [1.807, 2.05) is 19.9 Å². The van der Waals surface area contributed by atoms with Crippen LogP contribution in [0.25, 0.3) is 0 Å². The van der Waals surface area contributed by atoms with Crippen LogP contribution in [-0.2, 0) is 16.1 Å². The van der Waals surface area contributed by atoms with Crippen LogP contribution in [0.1, 0.15) is 41.8 Å². The molecule has 0 saturated carbocycles. The van der Waals surface area contributed by atoms with Gasteiger partial charge in [0, 0.05) is 37.1 Å². The fourth-order valence-corrected chi connectivity index (χ4v) is 5.53. The van der Waals surface area contributed by atoms with Crippen LogP contribution in [0.15, 0.2) is 30.3 Å². The van der Waals surface area contributed by atoms with E-state index in [4.69, 9.17) is 0 Å². The Morgan fingerprint density at radius 2 is 1.82 bits per heavy atom. The molecule has 1 aromatic heterocycles. The molecule has 0 spiro atoms. The summed E-state index contributed by atoms with van der Waals surface area (Å²) < 4.78 is 0. The van der Waals surface area contributed by atoms with E-state index in [1.54, 1.807) is 0 Å². The van der Waals surface area contributed by atoms with Crippen LogP contribution in [0.5, 0.6) is 0 Å². The molecule has 0 aliphatic carbocycles. The Labute approximate surface area is 200 Å². The molecule has 2 N–H and O–H groups in total. The minimum Gasteiger partial charge on any atom is -0.353 e. The first-order valence-electron chi connectivity index (χ1n) is 12.0. The highest BCUT2D eigenvalue weighted by atomic mass is 32.1. The second-order valence-electron chi connectivity index (χ2n) is 9.33. The molecule has 1 atom stereocenters. The largest absolute Gasteiger partial charge is 0.353 e. The molecule has 178 valence electrons. The smallest absolute Gasteiger partial charge is 0.240 e. The number of piperidine rings is 2. The predicted octanol–water partition coefficient (Wildman–Crippen LogP) is 3.19. The number of aryl methyl sites for hydroxylation is 2. The van der Waals surface area contributed by atoms with Gasteiger partial charge in [0.2, 0.25) is 11.8 Å². The Hall–Kier alpha value is -2.29. The van der Waals surface area contributed by atoms with Gasteiger partial charge in [-0.25, -0.2) is 4.98 Å². The molecule has 7 nitrogen and oxygen atoms in total. The second kappa shape index (κ2) is 11.2. The van der Waals surface area contributed by atoms with Crippen molar-refractivity contribution in [2.45, 2.75) is 52.1 Å². The molecule has 2 fully saturated rings. The van der Waals surface area contributed by atoms with Crippen molar-refractivity contribution in [2.24, 2.45) is 5.92 Å². The van der Waals surface area contributed by atoms with Gasteiger partial charge >= 0.3 is 0 Å². The van der Waals surface area contributed by atoms with Crippen LogP contribution in [0.2, 0.25) is 0 Å². The maximum absolute atomic E-state index is 12.9. The monoisotopic (exact) mass is 469 g/mol. The molecular formula is C25H35N5O2S. The average molecular weight is 470 g/mol. The van der Waals surface area contributed by atoms with E-state index in [1.165, 1.54) is 16.9 Å². The normalized spacial score (nSPS) is 20.5. The number of thiazole rings is 1. The van der Waals surface area contributed by atoms with Crippen LogP contribution >= 0.6 is 11.3 Å². The maximum atomic E-state index is 12.9. The molecule has 1 unspecified atom stereocenters. The van der Waals surface area contributed by atoms with Gasteiger partial charge in [0.05, 0.1) is 18.2 Å². The zero-order valence-corrected chi connectivity index (χ0v) is 20.5. The Morgan fingerprint density at radius 1 is 1.06 bits per heavy atom. The summed E-state index contributed by atoms with van der Waals surface area (Å²) >= 11 is 1.50. The van der Waals surface area contributed by atoms with Gasteiger partial charge in [-0.1, -0.05) is 30.3 Å². The molecule has 4 rings (SSSR count). The van der Waals surface area contributed by atoms with Crippen molar-refractivity contribution in [3.05, 3.63) is 46.5 Å². The SMILES string of the molecule is Cc1nc(NC(=O)CN2CCCC(C(=O)NC3CCN(Cc4ccccc4)CC3)C2)sc1C. The standard InChI is InChI=1S/C25H35N5O2S/c1-18-19(2)33-25(26-18)28-23(31)17-30-12-6-9-21(16-30)24(32)27-22-10-13-29(14-11-22)15-20-7-4-3-5-8-20/h3-5,7-8,21-22H,6,9-17H2,1-2H3,(H,27,32)(H,26,28,31). The van der Waals surface area contributed by atoms with Crippen molar-refractivity contribution in [1.82, 2.24) is 20.1 Å². The summed E-state index contributed by atoms with van der Waals surface area (Å²) in [6, 6.07) is 10.8. The van der Waals surface area contributed by atoms with Gasteiger partial charge in [0.1, 0.15) is 0 Å². The fourth-order valence-electron chi connectivity index (χ4n) is 4.70. The van der Waals surface area contributed by atoms with E-state index in [2.05, 4.69) is 49.7 Å². The highest BCUT2D eigenvalue weighted by Crippen LogP contribution is 2.22. The Morgan fingerprint density at radius 3 is 2.52 bits per heavy atom. The number of hydrogen-bond acceptors (Lipinski definition) is 6. The first-order valence-corrected chi connectivity index (χ1v) is 12.8. The van der Waals surface area contributed by atoms with E-state index < -0.39 is 0 Å². The lowest BCUT2D eigenvalue weighted by Crippen LogP contribution is -2.50.